The van der Waals surface area contributed by atoms with Gasteiger partial charge in [0.15, 0.2) is 0 Å². The van der Waals surface area contributed by atoms with Gasteiger partial charge in [-0.15, -0.1) is 11.3 Å². The summed E-state index contributed by atoms with van der Waals surface area (Å²) in [7, 11) is 0. The normalized spacial score (nSPS) is 20.6. The van der Waals surface area contributed by atoms with E-state index in [0.717, 1.165) is 13.0 Å². The number of aromatic nitrogens is 1. The van der Waals surface area contributed by atoms with E-state index in [1.54, 1.807) is 0 Å². The summed E-state index contributed by atoms with van der Waals surface area (Å²) in [5, 5.41) is 5.04. The van der Waals surface area contributed by atoms with E-state index in [1.165, 1.54) is 47.9 Å². The van der Waals surface area contributed by atoms with E-state index in [2.05, 4.69) is 44.8 Å². The van der Waals surface area contributed by atoms with Crippen LogP contribution in [0.2, 0.25) is 0 Å². The van der Waals surface area contributed by atoms with Gasteiger partial charge in [-0.2, -0.15) is 0 Å². The van der Waals surface area contributed by atoms with Crippen molar-refractivity contribution in [2.75, 3.05) is 19.6 Å². The van der Waals surface area contributed by atoms with Crippen LogP contribution in [0.5, 0.6) is 0 Å². The lowest BCUT2D eigenvalue weighted by Gasteiger charge is -2.44. The number of nitrogens with zero attached hydrogens (tertiary/aromatic N) is 2. The van der Waals surface area contributed by atoms with Crippen molar-refractivity contribution >= 4 is 11.3 Å². The van der Waals surface area contributed by atoms with Crippen LogP contribution in [-0.4, -0.2) is 41.1 Å². The van der Waals surface area contributed by atoms with E-state index in [9.17, 15) is 0 Å². The van der Waals surface area contributed by atoms with Gasteiger partial charge in [0.05, 0.1) is 10.7 Å². The van der Waals surface area contributed by atoms with Crippen LogP contribution in [0.3, 0.4) is 0 Å². The van der Waals surface area contributed by atoms with Gasteiger partial charge in [-0.3, -0.25) is 4.90 Å². The van der Waals surface area contributed by atoms with Crippen LogP contribution in [0.15, 0.2) is 0 Å². The number of hydrogen-bond donors (Lipinski definition) is 1. The maximum absolute atomic E-state index is 4.77. The molecule has 0 aromatic carbocycles. The number of nitrogens with one attached hydrogen (secondary N) is 1. The molecular weight excluding hydrogens is 278 g/mol. The minimum atomic E-state index is 0.236. The van der Waals surface area contributed by atoms with E-state index in [1.807, 2.05) is 11.3 Å². The van der Waals surface area contributed by atoms with Crippen molar-refractivity contribution in [3.05, 3.63) is 15.6 Å². The minimum Gasteiger partial charge on any atom is -0.312 e. The molecule has 4 heteroatoms. The Morgan fingerprint density at radius 1 is 1.29 bits per heavy atom. The van der Waals surface area contributed by atoms with Gasteiger partial charge in [-0.1, -0.05) is 13.8 Å². The summed E-state index contributed by atoms with van der Waals surface area (Å²) in [5.74, 6) is 0. The molecule has 0 saturated carbocycles. The Kier molecular flexibility index (Phi) is 5.81. The standard InChI is InChI=1S/C17H31N3S/c1-6-17(5,20-10-8-9-11-20)15(18-7-2)12-16-19-13(3)14(4)21-16/h15,18H,6-12H2,1-5H3. The van der Waals surface area contributed by atoms with Crippen LogP contribution in [0.4, 0.5) is 0 Å². The van der Waals surface area contributed by atoms with Crippen LogP contribution in [-0.2, 0) is 6.42 Å². The van der Waals surface area contributed by atoms with Gasteiger partial charge in [-0.05, 0) is 59.7 Å². The largest absolute Gasteiger partial charge is 0.312 e. The quantitative estimate of drug-likeness (QED) is 0.835. The molecular formula is C17H31N3S. The molecule has 1 fully saturated rings. The van der Waals surface area contributed by atoms with Crippen molar-refractivity contribution in [1.29, 1.82) is 0 Å². The highest BCUT2D eigenvalue weighted by molar-refractivity contribution is 7.11. The molecule has 2 rings (SSSR count). The second-order valence-corrected chi connectivity index (χ2v) is 7.76. The van der Waals surface area contributed by atoms with E-state index in [0.29, 0.717) is 6.04 Å². The number of likely N-dealkylation sites (N-methyl/N-ethyl adjacent to an activating group) is 1. The molecule has 1 saturated heterocycles. The van der Waals surface area contributed by atoms with E-state index < -0.39 is 0 Å². The predicted octanol–water partition coefficient (Wildman–Crippen LogP) is 3.55. The van der Waals surface area contributed by atoms with Crippen LogP contribution in [0.1, 0.15) is 55.6 Å². The molecule has 1 aromatic rings. The first-order valence-corrected chi connectivity index (χ1v) is 9.24. The molecule has 120 valence electrons. The molecule has 0 radical (unpaired) electrons. The van der Waals surface area contributed by atoms with Crippen molar-refractivity contribution in [2.45, 2.75) is 71.9 Å². The third kappa shape index (κ3) is 3.66. The first-order chi connectivity index (χ1) is 10.0. The van der Waals surface area contributed by atoms with Crippen molar-refractivity contribution in [1.82, 2.24) is 15.2 Å². The molecule has 0 aliphatic carbocycles. The Balaban J connectivity index is 2.18. The van der Waals surface area contributed by atoms with Crippen LogP contribution in [0.25, 0.3) is 0 Å². The van der Waals surface area contributed by atoms with Crippen molar-refractivity contribution < 1.29 is 0 Å². The second-order valence-electron chi connectivity index (χ2n) is 6.47. The van der Waals surface area contributed by atoms with Crippen molar-refractivity contribution in [2.24, 2.45) is 0 Å². The molecule has 1 N–H and O–H groups in total. The lowest BCUT2D eigenvalue weighted by Crippen LogP contribution is -2.59. The van der Waals surface area contributed by atoms with Gasteiger partial charge in [0, 0.05) is 22.9 Å². The summed E-state index contributed by atoms with van der Waals surface area (Å²) in [6, 6.07) is 0.482. The highest BCUT2D eigenvalue weighted by Gasteiger charge is 2.39. The van der Waals surface area contributed by atoms with E-state index >= 15 is 0 Å². The Morgan fingerprint density at radius 2 is 1.95 bits per heavy atom. The summed E-state index contributed by atoms with van der Waals surface area (Å²) in [6.07, 6.45) is 4.94. The summed E-state index contributed by atoms with van der Waals surface area (Å²) in [6.45, 7) is 14.8. The predicted molar refractivity (Wildman–Crippen MR) is 92.3 cm³/mol. The third-order valence-electron chi connectivity index (χ3n) is 5.20. The van der Waals surface area contributed by atoms with Crippen LogP contribution >= 0.6 is 11.3 Å². The number of thiazole rings is 1. The van der Waals surface area contributed by atoms with Gasteiger partial charge in [0.25, 0.3) is 0 Å². The maximum Gasteiger partial charge on any atom is 0.0947 e. The van der Waals surface area contributed by atoms with Gasteiger partial charge < -0.3 is 5.32 Å². The number of aryl methyl sites for hydroxylation is 2. The molecule has 2 heterocycles. The van der Waals surface area contributed by atoms with Crippen molar-refractivity contribution in [3.8, 4) is 0 Å². The fourth-order valence-corrected chi connectivity index (χ4v) is 4.46. The molecule has 2 atom stereocenters. The average Bonchev–Trinajstić information content (AvgIpc) is 3.09. The minimum absolute atomic E-state index is 0.236. The maximum atomic E-state index is 4.77. The molecule has 21 heavy (non-hydrogen) atoms. The SMILES string of the molecule is CCNC(Cc1nc(C)c(C)s1)C(C)(CC)N1CCCC1. The van der Waals surface area contributed by atoms with E-state index in [4.69, 9.17) is 4.98 Å². The smallest absolute Gasteiger partial charge is 0.0947 e. The fraction of sp³-hybridized carbons (Fsp3) is 0.824. The fourth-order valence-electron chi connectivity index (χ4n) is 3.48. The average molecular weight is 310 g/mol. The number of hydrogen-bond acceptors (Lipinski definition) is 4. The summed E-state index contributed by atoms with van der Waals surface area (Å²) in [4.78, 5) is 8.83. The highest BCUT2D eigenvalue weighted by atomic mass is 32.1. The monoisotopic (exact) mass is 309 g/mol. The molecule has 1 aromatic heterocycles. The summed E-state index contributed by atoms with van der Waals surface area (Å²) in [5.41, 5.74) is 1.43. The topological polar surface area (TPSA) is 28.2 Å². The Labute approximate surface area is 134 Å². The summed E-state index contributed by atoms with van der Waals surface area (Å²) < 4.78 is 0. The Morgan fingerprint density at radius 3 is 2.43 bits per heavy atom. The Bertz CT molecular complexity index is 431. The zero-order valence-corrected chi connectivity index (χ0v) is 15.1. The first kappa shape index (κ1) is 16.9. The van der Waals surface area contributed by atoms with E-state index in [-0.39, 0.29) is 5.54 Å². The molecule has 0 spiro atoms. The molecule has 3 nitrogen and oxygen atoms in total. The zero-order valence-electron chi connectivity index (χ0n) is 14.3. The van der Waals surface area contributed by atoms with Gasteiger partial charge in [0.2, 0.25) is 0 Å². The van der Waals surface area contributed by atoms with Gasteiger partial charge >= 0.3 is 0 Å². The van der Waals surface area contributed by atoms with Crippen LogP contribution in [0, 0.1) is 13.8 Å². The molecule has 1 aliphatic heterocycles. The Hall–Kier alpha value is -0.450. The van der Waals surface area contributed by atoms with Crippen molar-refractivity contribution in [3.63, 3.8) is 0 Å². The van der Waals surface area contributed by atoms with Gasteiger partial charge in [-0.25, -0.2) is 4.98 Å². The summed E-state index contributed by atoms with van der Waals surface area (Å²) >= 11 is 1.87. The molecule has 2 unspecified atom stereocenters. The highest BCUT2D eigenvalue weighted by Crippen LogP contribution is 2.30. The third-order valence-corrected chi connectivity index (χ3v) is 6.29. The van der Waals surface area contributed by atoms with Crippen LogP contribution < -0.4 is 5.32 Å². The first-order valence-electron chi connectivity index (χ1n) is 8.42. The molecule has 0 bridgehead atoms. The second kappa shape index (κ2) is 7.21. The molecule has 1 aliphatic rings. The number of likely N-dealkylation sites (tertiary alicyclic amines) is 1. The number of rotatable bonds is 7. The van der Waals surface area contributed by atoms with Gasteiger partial charge in [0.1, 0.15) is 0 Å². The zero-order chi connectivity index (χ0) is 15.5. The lowest BCUT2D eigenvalue weighted by atomic mass is 9.85. The molecule has 0 amide bonds. The lowest BCUT2D eigenvalue weighted by molar-refractivity contribution is 0.0847.